The van der Waals surface area contributed by atoms with Crippen LogP contribution in [0.4, 0.5) is 0 Å². The maximum atomic E-state index is 13.2. The molecule has 0 aliphatic rings. The number of carbonyl (C=O) groups is 1. The van der Waals surface area contributed by atoms with Crippen LogP contribution >= 0.6 is 0 Å². The first kappa shape index (κ1) is 22.4. The molecule has 1 aromatic heterocycles. The fourth-order valence-corrected chi connectivity index (χ4v) is 3.04. The lowest BCUT2D eigenvalue weighted by molar-refractivity contribution is -0.147. The van der Waals surface area contributed by atoms with Crippen LogP contribution in [0.25, 0.3) is 22.3 Å². The first-order valence-electron chi connectivity index (χ1n) is 10.2. The van der Waals surface area contributed by atoms with Crippen molar-refractivity contribution < 1.29 is 28.2 Å². The van der Waals surface area contributed by atoms with E-state index in [2.05, 4.69) is 0 Å². The van der Waals surface area contributed by atoms with Crippen LogP contribution in [0.2, 0.25) is 0 Å². The third-order valence-corrected chi connectivity index (χ3v) is 4.70. The standard InChI is InChI=1S/C24H26O7/c1-4-16-6-11-20-19(14-16)22(26)24(30-15-21(25)29-13-12-28-5-2)23(31-20)17-7-9-18(27-3)10-8-17/h6-11,14H,4-5,12-13,15H2,1-3H3. The van der Waals surface area contributed by atoms with Crippen molar-refractivity contribution in [1.29, 1.82) is 0 Å². The molecule has 0 aliphatic heterocycles. The van der Waals surface area contributed by atoms with E-state index in [4.69, 9.17) is 23.4 Å². The second-order valence-electron chi connectivity index (χ2n) is 6.71. The summed E-state index contributed by atoms with van der Waals surface area (Å²) in [4.78, 5) is 25.3. The van der Waals surface area contributed by atoms with Gasteiger partial charge in [-0.2, -0.15) is 0 Å². The number of methoxy groups -OCH3 is 1. The first-order valence-corrected chi connectivity index (χ1v) is 10.2. The molecule has 0 spiro atoms. The SMILES string of the molecule is CCOCCOC(=O)COc1c(-c2ccc(OC)cc2)oc2ccc(CC)cc2c1=O. The normalized spacial score (nSPS) is 10.8. The Morgan fingerprint density at radius 2 is 1.81 bits per heavy atom. The van der Waals surface area contributed by atoms with Gasteiger partial charge in [-0.3, -0.25) is 4.79 Å². The summed E-state index contributed by atoms with van der Waals surface area (Å²) in [5, 5.41) is 0.399. The van der Waals surface area contributed by atoms with Gasteiger partial charge >= 0.3 is 5.97 Å². The summed E-state index contributed by atoms with van der Waals surface area (Å²) in [5.74, 6) is 0.279. The predicted octanol–water partition coefficient (Wildman–Crippen LogP) is 3.99. The predicted molar refractivity (Wildman–Crippen MR) is 117 cm³/mol. The largest absolute Gasteiger partial charge is 0.497 e. The Morgan fingerprint density at radius 1 is 1.03 bits per heavy atom. The molecule has 0 aliphatic carbocycles. The van der Waals surface area contributed by atoms with Crippen molar-refractivity contribution >= 4 is 16.9 Å². The molecule has 164 valence electrons. The van der Waals surface area contributed by atoms with Crippen LogP contribution in [0.3, 0.4) is 0 Å². The molecule has 1 heterocycles. The number of aryl methyl sites for hydroxylation is 1. The molecule has 3 rings (SSSR count). The lowest BCUT2D eigenvalue weighted by atomic mass is 10.1. The van der Waals surface area contributed by atoms with Crippen LogP contribution in [0.15, 0.2) is 51.7 Å². The van der Waals surface area contributed by atoms with Gasteiger partial charge in [0.2, 0.25) is 11.2 Å². The van der Waals surface area contributed by atoms with Gasteiger partial charge in [-0.1, -0.05) is 13.0 Å². The van der Waals surface area contributed by atoms with Crippen LogP contribution in [0, 0.1) is 0 Å². The number of hydrogen-bond acceptors (Lipinski definition) is 7. The van der Waals surface area contributed by atoms with Crippen molar-refractivity contribution in [3.8, 4) is 22.8 Å². The Hall–Kier alpha value is -3.32. The number of esters is 1. The highest BCUT2D eigenvalue weighted by molar-refractivity contribution is 5.83. The van der Waals surface area contributed by atoms with Gasteiger partial charge in [0.15, 0.2) is 12.4 Å². The Labute approximate surface area is 180 Å². The minimum atomic E-state index is -0.595. The first-order chi connectivity index (χ1) is 15.1. The smallest absolute Gasteiger partial charge is 0.344 e. The van der Waals surface area contributed by atoms with Gasteiger partial charge in [-0.05, 0) is 55.3 Å². The van der Waals surface area contributed by atoms with Crippen molar-refractivity contribution in [3.63, 3.8) is 0 Å². The quantitative estimate of drug-likeness (QED) is 0.358. The number of ether oxygens (including phenoxy) is 4. The molecule has 31 heavy (non-hydrogen) atoms. The van der Waals surface area contributed by atoms with Crippen molar-refractivity contribution in [2.24, 2.45) is 0 Å². The van der Waals surface area contributed by atoms with Gasteiger partial charge in [0, 0.05) is 12.2 Å². The molecule has 0 atom stereocenters. The Kier molecular flexibility index (Phi) is 7.67. The van der Waals surface area contributed by atoms with E-state index in [0.717, 1.165) is 12.0 Å². The van der Waals surface area contributed by atoms with E-state index < -0.39 is 12.6 Å². The molecule has 0 saturated heterocycles. The molecular weight excluding hydrogens is 400 g/mol. The fourth-order valence-electron chi connectivity index (χ4n) is 3.04. The number of rotatable bonds is 10. The molecule has 7 nitrogen and oxygen atoms in total. The van der Waals surface area contributed by atoms with Crippen LogP contribution in [-0.4, -0.2) is 39.5 Å². The molecule has 7 heteroatoms. The Balaban J connectivity index is 1.96. The van der Waals surface area contributed by atoms with E-state index in [1.54, 1.807) is 43.5 Å². The van der Waals surface area contributed by atoms with Gasteiger partial charge in [0.1, 0.15) is 17.9 Å². The summed E-state index contributed by atoms with van der Waals surface area (Å²) in [6, 6.07) is 12.5. The number of carbonyl (C=O) groups excluding carboxylic acids is 1. The Bertz CT molecular complexity index is 1080. The van der Waals surface area contributed by atoms with E-state index in [0.29, 0.717) is 35.5 Å². The van der Waals surface area contributed by atoms with Crippen LogP contribution in [-0.2, 0) is 20.7 Å². The van der Waals surface area contributed by atoms with Crippen LogP contribution < -0.4 is 14.9 Å². The molecule has 0 amide bonds. The maximum absolute atomic E-state index is 13.2. The monoisotopic (exact) mass is 426 g/mol. The van der Waals surface area contributed by atoms with Gasteiger partial charge in [-0.15, -0.1) is 0 Å². The maximum Gasteiger partial charge on any atom is 0.344 e. The molecule has 3 aromatic rings. The highest BCUT2D eigenvalue weighted by Crippen LogP contribution is 2.32. The lowest BCUT2D eigenvalue weighted by Gasteiger charge is -2.12. The molecule has 0 saturated carbocycles. The van der Waals surface area contributed by atoms with Crippen LogP contribution in [0.5, 0.6) is 11.5 Å². The van der Waals surface area contributed by atoms with Crippen molar-refractivity contribution in [2.75, 3.05) is 33.5 Å². The highest BCUT2D eigenvalue weighted by Gasteiger charge is 2.19. The zero-order valence-electron chi connectivity index (χ0n) is 17.9. The zero-order chi connectivity index (χ0) is 22.2. The van der Waals surface area contributed by atoms with E-state index in [9.17, 15) is 9.59 Å². The zero-order valence-corrected chi connectivity index (χ0v) is 17.9. The van der Waals surface area contributed by atoms with Gasteiger partial charge < -0.3 is 23.4 Å². The molecule has 0 unspecified atom stereocenters. The molecule has 0 N–H and O–H groups in total. The minimum Gasteiger partial charge on any atom is -0.497 e. The molecule has 0 fully saturated rings. The summed E-state index contributed by atoms with van der Waals surface area (Å²) >= 11 is 0. The lowest BCUT2D eigenvalue weighted by Crippen LogP contribution is -2.20. The van der Waals surface area contributed by atoms with Crippen molar-refractivity contribution in [1.82, 2.24) is 0 Å². The summed E-state index contributed by atoms with van der Waals surface area (Å²) in [5.41, 5.74) is 1.72. The van der Waals surface area contributed by atoms with E-state index in [1.165, 1.54) is 0 Å². The van der Waals surface area contributed by atoms with Crippen molar-refractivity contribution in [3.05, 3.63) is 58.3 Å². The summed E-state index contributed by atoms with van der Waals surface area (Å²) in [7, 11) is 1.57. The van der Waals surface area contributed by atoms with Gasteiger partial charge in [0.05, 0.1) is 19.1 Å². The highest BCUT2D eigenvalue weighted by atomic mass is 16.6. The molecular formula is C24H26O7. The second kappa shape index (κ2) is 10.6. The molecule has 0 bridgehead atoms. The number of fused-ring (bicyclic) bond motifs is 1. The second-order valence-corrected chi connectivity index (χ2v) is 6.71. The average molecular weight is 426 g/mol. The Morgan fingerprint density at radius 3 is 2.48 bits per heavy atom. The average Bonchev–Trinajstić information content (AvgIpc) is 2.81. The summed E-state index contributed by atoms with van der Waals surface area (Å²) in [6.45, 7) is 4.40. The van der Waals surface area contributed by atoms with E-state index in [1.807, 2.05) is 19.9 Å². The topological polar surface area (TPSA) is 84.2 Å². The number of benzene rings is 2. The van der Waals surface area contributed by atoms with Crippen LogP contribution in [0.1, 0.15) is 19.4 Å². The minimum absolute atomic E-state index is 0.0346. The molecule has 0 radical (unpaired) electrons. The van der Waals surface area contributed by atoms with Gasteiger partial charge in [-0.25, -0.2) is 4.79 Å². The van der Waals surface area contributed by atoms with E-state index >= 15 is 0 Å². The van der Waals surface area contributed by atoms with Crippen molar-refractivity contribution in [2.45, 2.75) is 20.3 Å². The third-order valence-electron chi connectivity index (χ3n) is 4.70. The van der Waals surface area contributed by atoms with E-state index in [-0.39, 0.29) is 23.5 Å². The fraction of sp³-hybridized carbons (Fsp3) is 0.333. The third kappa shape index (κ3) is 5.44. The molecule has 2 aromatic carbocycles. The van der Waals surface area contributed by atoms with Gasteiger partial charge in [0.25, 0.3) is 0 Å². The number of hydrogen-bond donors (Lipinski definition) is 0. The summed E-state index contributed by atoms with van der Waals surface area (Å²) in [6.07, 6.45) is 0.776. The summed E-state index contributed by atoms with van der Waals surface area (Å²) < 4.78 is 27.1.